The molecule has 0 radical (unpaired) electrons. The molecular weight excluding hydrogens is 719 g/mol. The number of rotatable bonds is 10. The summed E-state index contributed by atoms with van der Waals surface area (Å²) in [4.78, 5) is 31.3. The highest BCUT2D eigenvalue weighted by atomic mass is 127. The van der Waals surface area contributed by atoms with E-state index in [1.807, 2.05) is 12.1 Å². The third-order valence-corrected chi connectivity index (χ3v) is 9.26. The molecule has 1 amide bonds. The van der Waals surface area contributed by atoms with Gasteiger partial charge >= 0.3 is 5.97 Å². The second kappa shape index (κ2) is 14.0. The Balaban J connectivity index is 0.00000461. The molecule has 0 atom stereocenters. The number of likely N-dealkylation sites (N-methyl/N-ethyl adjacent to an activating group) is 1. The number of carbonyl (C=O) groups is 2. The number of aromatic nitrogens is 1. The highest BCUT2D eigenvalue weighted by molar-refractivity contribution is 7.18. The third-order valence-electron chi connectivity index (χ3n) is 8.24. The van der Waals surface area contributed by atoms with Crippen LogP contribution in [0.1, 0.15) is 43.3 Å². The zero-order valence-corrected chi connectivity index (χ0v) is 29.2. The van der Waals surface area contributed by atoms with Gasteiger partial charge in [0.25, 0.3) is 0 Å². The molecule has 1 saturated heterocycles. The number of benzene rings is 2. The van der Waals surface area contributed by atoms with Crippen LogP contribution in [0, 0.1) is 17.0 Å². The van der Waals surface area contributed by atoms with Crippen LogP contribution < -0.4 is 38.8 Å². The van der Waals surface area contributed by atoms with Crippen LogP contribution in [-0.4, -0.2) is 80.6 Å². The van der Waals surface area contributed by atoms with Crippen LogP contribution in [0.5, 0.6) is 11.5 Å². The maximum atomic E-state index is 14.0. The van der Waals surface area contributed by atoms with Gasteiger partial charge in [0.05, 0.1) is 56.0 Å². The van der Waals surface area contributed by atoms with Crippen LogP contribution in [0.25, 0.3) is 10.2 Å². The first-order chi connectivity index (χ1) is 20.8. The summed E-state index contributed by atoms with van der Waals surface area (Å²) in [6.07, 6.45) is -0.0448. The summed E-state index contributed by atoms with van der Waals surface area (Å²) in [7, 11) is 3.79. The van der Waals surface area contributed by atoms with E-state index in [0.29, 0.717) is 39.8 Å². The minimum atomic E-state index is -1.24. The predicted octanol–water partition coefficient (Wildman–Crippen LogP) is 1.58. The molecule has 0 saturated carbocycles. The number of amides is 1. The molecule has 2 heterocycles. The van der Waals surface area contributed by atoms with Crippen LogP contribution in [0.4, 0.5) is 8.78 Å². The summed E-state index contributed by atoms with van der Waals surface area (Å²) in [5.74, 6) is -1.72. The van der Waals surface area contributed by atoms with E-state index < -0.39 is 34.5 Å². The first-order valence-electron chi connectivity index (χ1n) is 14.8. The Kier molecular flexibility index (Phi) is 11.0. The Morgan fingerprint density at radius 3 is 2.31 bits per heavy atom. The molecule has 13 heteroatoms. The number of hydrogen-bond acceptors (Lipinski definition) is 8. The van der Waals surface area contributed by atoms with E-state index in [-0.39, 0.29) is 49.8 Å². The predicted molar refractivity (Wildman–Crippen MR) is 162 cm³/mol. The number of esters is 1. The van der Waals surface area contributed by atoms with Crippen LogP contribution in [0.2, 0.25) is 0 Å². The van der Waals surface area contributed by atoms with Gasteiger partial charge in [0.2, 0.25) is 5.91 Å². The summed E-state index contributed by atoms with van der Waals surface area (Å²) < 4.78 is 52.6. The van der Waals surface area contributed by atoms with Crippen molar-refractivity contribution in [3.8, 4) is 11.5 Å². The quantitative estimate of drug-likeness (QED) is 0.191. The molecule has 0 spiro atoms. The van der Waals surface area contributed by atoms with Crippen molar-refractivity contribution in [2.75, 3.05) is 53.6 Å². The molecule has 1 aromatic heterocycles. The highest BCUT2D eigenvalue weighted by Gasteiger charge is 2.46. The molecule has 2 aliphatic rings. The second-order valence-corrected chi connectivity index (χ2v) is 14.1. The SMILES string of the molecule is COc1cc2sc(CNC(=O)C3(CC(=O)OC(C)(C)C)Cc4cc(F)c(F)cc4C3)nc2cc1OCC[N+]1(C)CCOCC1.[I-]. The zero-order chi connectivity index (χ0) is 31.7. The molecule has 3 aromatic rings. The number of thiazole rings is 1. The molecule has 0 unspecified atom stereocenters. The molecule has 0 bridgehead atoms. The summed E-state index contributed by atoms with van der Waals surface area (Å²) in [5, 5.41) is 3.58. The zero-order valence-electron chi connectivity index (χ0n) is 26.3. The lowest BCUT2D eigenvalue weighted by atomic mass is 9.80. The van der Waals surface area contributed by atoms with Crippen LogP contribution in [0.3, 0.4) is 0 Å². The Morgan fingerprint density at radius 1 is 1.07 bits per heavy atom. The van der Waals surface area contributed by atoms with E-state index in [2.05, 4.69) is 12.4 Å². The van der Waals surface area contributed by atoms with Crippen LogP contribution >= 0.6 is 11.3 Å². The summed E-state index contributed by atoms with van der Waals surface area (Å²) in [5.41, 5.74) is -0.265. The monoisotopic (exact) mass is 759 g/mol. The lowest BCUT2D eigenvalue weighted by molar-refractivity contribution is -0.916. The van der Waals surface area contributed by atoms with Gasteiger partial charge in [-0.3, -0.25) is 9.59 Å². The van der Waals surface area contributed by atoms with Crippen molar-refractivity contribution in [2.24, 2.45) is 5.41 Å². The van der Waals surface area contributed by atoms with Crippen molar-refractivity contribution >= 4 is 33.4 Å². The lowest BCUT2D eigenvalue weighted by Crippen LogP contribution is -3.00. The number of quaternary nitrogens is 1. The first-order valence-corrected chi connectivity index (χ1v) is 15.6. The minimum Gasteiger partial charge on any atom is -1.00 e. The molecule has 9 nitrogen and oxygen atoms in total. The standard InChI is InChI=1S/C32H39F2N3O6S.HI/c1-31(2,3)43-29(38)18-32(16-20-12-22(33)23(34)13-21(20)17-32)30(39)35-19-28-36-24-14-26(25(40-5)15-27(24)44-28)42-11-8-37(4)6-9-41-10-7-37;/h12-15H,6-11,16-19H2,1-5H3;1H. The average molecular weight is 760 g/mol. The fourth-order valence-corrected chi connectivity index (χ4v) is 6.75. The largest absolute Gasteiger partial charge is 1.00 e. The number of fused-ring (bicyclic) bond motifs is 2. The maximum Gasteiger partial charge on any atom is 0.307 e. The van der Waals surface area contributed by atoms with Gasteiger partial charge in [-0.2, -0.15) is 0 Å². The van der Waals surface area contributed by atoms with Gasteiger partial charge in [-0.15, -0.1) is 11.3 Å². The number of nitrogens with zero attached hydrogens (tertiary/aromatic N) is 2. The van der Waals surface area contributed by atoms with Gasteiger partial charge in [0.15, 0.2) is 23.1 Å². The van der Waals surface area contributed by atoms with Gasteiger partial charge in [-0.1, -0.05) is 0 Å². The van der Waals surface area contributed by atoms with Crippen molar-refractivity contribution in [1.29, 1.82) is 0 Å². The number of methoxy groups -OCH3 is 1. The van der Waals surface area contributed by atoms with E-state index in [0.717, 1.165) is 54.2 Å². The summed E-state index contributed by atoms with van der Waals surface area (Å²) >= 11 is 1.41. The van der Waals surface area contributed by atoms with E-state index in [4.69, 9.17) is 23.9 Å². The highest BCUT2D eigenvalue weighted by Crippen LogP contribution is 2.42. The topological polar surface area (TPSA) is 96.0 Å². The number of ether oxygens (including phenoxy) is 4. The van der Waals surface area contributed by atoms with Gasteiger partial charge in [-0.05, 0) is 56.9 Å². The van der Waals surface area contributed by atoms with Gasteiger partial charge < -0.3 is 52.7 Å². The van der Waals surface area contributed by atoms with Crippen molar-refractivity contribution < 1.29 is 65.8 Å². The van der Waals surface area contributed by atoms with E-state index in [1.165, 1.54) is 11.3 Å². The molecule has 2 aromatic carbocycles. The van der Waals surface area contributed by atoms with E-state index in [9.17, 15) is 18.4 Å². The maximum absolute atomic E-state index is 14.0. The van der Waals surface area contributed by atoms with Gasteiger partial charge in [-0.25, -0.2) is 13.8 Å². The Bertz CT molecular complexity index is 1520. The molecule has 5 rings (SSSR count). The number of nitrogens with one attached hydrogen (secondary N) is 1. The number of morpholine rings is 1. The molecular formula is C32H40F2IN3O6S. The first kappa shape index (κ1) is 35.2. The average Bonchev–Trinajstić information content (AvgIpc) is 3.51. The van der Waals surface area contributed by atoms with E-state index in [1.54, 1.807) is 27.9 Å². The van der Waals surface area contributed by atoms with Crippen molar-refractivity contribution in [1.82, 2.24) is 10.3 Å². The second-order valence-electron chi connectivity index (χ2n) is 12.9. The van der Waals surface area contributed by atoms with Crippen molar-refractivity contribution in [3.05, 3.63) is 52.0 Å². The fourth-order valence-electron chi connectivity index (χ4n) is 5.83. The molecule has 1 aliphatic carbocycles. The molecule has 1 N–H and O–H groups in total. The van der Waals surface area contributed by atoms with Crippen molar-refractivity contribution in [3.63, 3.8) is 0 Å². The molecule has 1 fully saturated rings. The van der Waals surface area contributed by atoms with Crippen LogP contribution in [0.15, 0.2) is 24.3 Å². The minimum absolute atomic E-state index is 0. The molecule has 45 heavy (non-hydrogen) atoms. The lowest BCUT2D eigenvalue weighted by Gasteiger charge is -2.37. The molecule has 246 valence electrons. The fraction of sp³-hybridized carbons (Fsp3) is 0.531. The number of hydrogen-bond donors (Lipinski definition) is 1. The van der Waals surface area contributed by atoms with Gasteiger partial charge in [0, 0.05) is 12.1 Å². The Hall–Kier alpha value is -2.62. The number of carbonyl (C=O) groups excluding carboxylic acids is 2. The Morgan fingerprint density at radius 2 is 1.71 bits per heavy atom. The summed E-state index contributed by atoms with van der Waals surface area (Å²) in [6.45, 7) is 10.1. The van der Waals surface area contributed by atoms with Gasteiger partial charge in [0.1, 0.15) is 36.8 Å². The molecule has 1 aliphatic heterocycles. The Labute approximate surface area is 283 Å². The third kappa shape index (κ3) is 8.40. The van der Waals surface area contributed by atoms with Crippen LogP contribution in [-0.2, 0) is 38.4 Å². The van der Waals surface area contributed by atoms with E-state index >= 15 is 0 Å². The normalized spacial score (nSPS) is 16.9. The number of halogens is 3. The summed E-state index contributed by atoms with van der Waals surface area (Å²) in [6, 6.07) is 5.94. The smallest absolute Gasteiger partial charge is 0.307 e. The van der Waals surface area contributed by atoms with Crippen molar-refractivity contribution in [2.45, 2.75) is 52.2 Å².